The monoisotopic (exact) mass is 470 g/mol. The second-order valence-corrected chi connectivity index (χ2v) is 11.1. The van der Waals surface area contributed by atoms with Gasteiger partial charge in [-0.25, -0.2) is 0 Å². The second kappa shape index (κ2) is 11.4. The predicted octanol–water partition coefficient (Wildman–Crippen LogP) is 4.95. The van der Waals surface area contributed by atoms with E-state index in [1.807, 2.05) is 43.0 Å². The van der Waals surface area contributed by atoms with Gasteiger partial charge in [0.1, 0.15) is 12.3 Å². The zero-order chi connectivity index (χ0) is 24.9. The minimum atomic E-state index is -0.410. The summed E-state index contributed by atoms with van der Waals surface area (Å²) in [4.78, 5) is 29.2. The van der Waals surface area contributed by atoms with Crippen LogP contribution in [0.25, 0.3) is 10.9 Å². The van der Waals surface area contributed by atoms with Gasteiger partial charge in [0.15, 0.2) is 0 Å². The molecule has 0 radical (unpaired) electrons. The van der Waals surface area contributed by atoms with Crippen molar-refractivity contribution in [3.05, 3.63) is 40.2 Å². The average Bonchev–Trinajstić information content (AvgIpc) is 2.83. The smallest absolute Gasteiger partial charge is 0.255 e. The molecule has 1 aromatic carbocycles. The number of rotatable bonds is 10. The van der Waals surface area contributed by atoms with Gasteiger partial charge in [-0.1, -0.05) is 47.0 Å². The number of methoxy groups -OCH3 is 1. The molecule has 0 atom stereocenters. The highest BCUT2D eigenvalue weighted by Gasteiger charge is 2.26. The molecule has 1 amide bonds. The van der Waals surface area contributed by atoms with Crippen molar-refractivity contribution in [2.24, 2.45) is 11.3 Å². The van der Waals surface area contributed by atoms with Gasteiger partial charge >= 0.3 is 0 Å². The van der Waals surface area contributed by atoms with Crippen LogP contribution in [0.1, 0.15) is 77.7 Å². The first kappa shape index (κ1) is 26.3. The number of aliphatic hydroxyl groups is 1. The standard InChI is InChI=1S/C28H42N2O4/c1-20(2)13-14-29(18-28(3,4)19-31)26(32)17-30-25-16-23(34-5)12-11-22(25)15-24(27(30)33)21-9-7-6-8-10-21/h11-12,15-16,20-21,31H,6-10,13-14,17-19H2,1-5H3. The number of pyridine rings is 1. The molecule has 0 bridgehead atoms. The van der Waals surface area contributed by atoms with E-state index >= 15 is 0 Å². The number of aromatic nitrogens is 1. The van der Waals surface area contributed by atoms with Crippen molar-refractivity contribution in [1.29, 1.82) is 0 Å². The maximum absolute atomic E-state index is 13.8. The Kier molecular flexibility index (Phi) is 8.80. The summed E-state index contributed by atoms with van der Waals surface area (Å²) < 4.78 is 7.07. The SMILES string of the molecule is COc1ccc2cc(C3CCCCC3)c(=O)n(CC(=O)N(CCC(C)C)CC(C)(C)CO)c2c1. The summed E-state index contributed by atoms with van der Waals surface area (Å²) in [5.41, 5.74) is 1.08. The minimum Gasteiger partial charge on any atom is -0.497 e. The molecule has 0 saturated heterocycles. The number of aliphatic hydroxyl groups excluding tert-OH is 1. The van der Waals surface area contributed by atoms with E-state index in [4.69, 9.17) is 4.74 Å². The van der Waals surface area contributed by atoms with Crippen LogP contribution in [0.2, 0.25) is 0 Å². The Morgan fingerprint density at radius 1 is 1.21 bits per heavy atom. The van der Waals surface area contributed by atoms with Gasteiger partial charge in [-0.3, -0.25) is 14.2 Å². The molecule has 34 heavy (non-hydrogen) atoms. The Morgan fingerprint density at radius 2 is 1.91 bits per heavy atom. The summed E-state index contributed by atoms with van der Waals surface area (Å²) in [5.74, 6) is 1.28. The van der Waals surface area contributed by atoms with Gasteiger partial charge in [0.05, 0.1) is 12.6 Å². The van der Waals surface area contributed by atoms with E-state index in [9.17, 15) is 14.7 Å². The fourth-order valence-corrected chi connectivity index (χ4v) is 4.87. The molecular formula is C28H42N2O4. The molecule has 1 aliphatic rings. The maximum atomic E-state index is 13.8. The number of ether oxygens (including phenoxy) is 1. The molecule has 1 heterocycles. The first-order valence-electron chi connectivity index (χ1n) is 12.8. The van der Waals surface area contributed by atoms with Crippen molar-refractivity contribution in [2.45, 2.75) is 78.7 Å². The van der Waals surface area contributed by atoms with E-state index in [2.05, 4.69) is 13.8 Å². The Balaban J connectivity index is 2.03. The van der Waals surface area contributed by atoms with Gasteiger partial charge in [-0.05, 0) is 54.7 Å². The summed E-state index contributed by atoms with van der Waals surface area (Å²) in [6.07, 6.45) is 6.43. The van der Waals surface area contributed by atoms with Gasteiger partial charge in [0.2, 0.25) is 5.91 Å². The number of nitrogens with zero attached hydrogens (tertiary/aromatic N) is 2. The van der Waals surface area contributed by atoms with Crippen LogP contribution < -0.4 is 10.3 Å². The van der Waals surface area contributed by atoms with Gasteiger partial charge in [-0.15, -0.1) is 0 Å². The van der Waals surface area contributed by atoms with Crippen LogP contribution in [-0.4, -0.2) is 47.3 Å². The highest BCUT2D eigenvalue weighted by atomic mass is 16.5. The van der Waals surface area contributed by atoms with Crippen molar-refractivity contribution in [1.82, 2.24) is 9.47 Å². The van der Waals surface area contributed by atoms with E-state index in [1.165, 1.54) is 6.42 Å². The fraction of sp³-hybridized carbons (Fsp3) is 0.643. The molecule has 6 nitrogen and oxygen atoms in total. The van der Waals surface area contributed by atoms with Gasteiger partial charge in [0, 0.05) is 36.7 Å². The maximum Gasteiger partial charge on any atom is 0.255 e. The van der Waals surface area contributed by atoms with Crippen molar-refractivity contribution >= 4 is 16.8 Å². The second-order valence-electron chi connectivity index (χ2n) is 11.1. The van der Waals surface area contributed by atoms with Crippen LogP contribution in [-0.2, 0) is 11.3 Å². The van der Waals surface area contributed by atoms with E-state index in [0.717, 1.165) is 48.6 Å². The summed E-state index contributed by atoms with van der Waals surface area (Å²) >= 11 is 0. The Hall–Kier alpha value is -2.34. The molecule has 1 saturated carbocycles. The van der Waals surface area contributed by atoms with E-state index in [-0.39, 0.29) is 30.5 Å². The van der Waals surface area contributed by atoms with Crippen molar-refractivity contribution in [3.63, 3.8) is 0 Å². The first-order chi connectivity index (χ1) is 16.1. The van der Waals surface area contributed by atoms with Crippen LogP contribution >= 0.6 is 0 Å². The minimum absolute atomic E-state index is 0.00426. The van der Waals surface area contributed by atoms with Crippen LogP contribution in [0.5, 0.6) is 5.75 Å². The summed E-state index contributed by atoms with van der Waals surface area (Å²) in [6.45, 7) is 9.23. The zero-order valence-electron chi connectivity index (χ0n) is 21.6. The quantitative estimate of drug-likeness (QED) is 0.533. The lowest BCUT2D eigenvalue weighted by Gasteiger charge is -2.32. The Labute approximate surface area is 203 Å². The van der Waals surface area contributed by atoms with Crippen molar-refractivity contribution in [2.75, 3.05) is 26.8 Å². The molecule has 1 fully saturated rings. The number of amides is 1. The number of carbonyl (C=O) groups is 1. The van der Waals surface area contributed by atoms with Gasteiger partial charge in [-0.2, -0.15) is 0 Å². The van der Waals surface area contributed by atoms with E-state index in [0.29, 0.717) is 24.8 Å². The molecule has 1 aromatic heterocycles. The largest absolute Gasteiger partial charge is 0.497 e. The lowest BCUT2D eigenvalue weighted by molar-refractivity contribution is -0.133. The van der Waals surface area contributed by atoms with Crippen molar-refractivity contribution < 1.29 is 14.6 Å². The summed E-state index contributed by atoms with van der Waals surface area (Å²) in [5, 5.41) is 10.8. The lowest BCUT2D eigenvalue weighted by Crippen LogP contribution is -2.44. The van der Waals surface area contributed by atoms with Crippen LogP contribution in [0.3, 0.4) is 0 Å². The van der Waals surface area contributed by atoms with Gasteiger partial charge < -0.3 is 14.7 Å². The first-order valence-corrected chi connectivity index (χ1v) is 12.8. The zero-order valence-corrected chi connectivity index (χ0v) is 21.6. The fourth-order valence-electron chi connectivity index (χ4n) is 4.87. The molecule has 2 aromatic rings. The van der Waals surface area contributed by atoms with E-state index < -0.39 is 5.41 Å². The number of hydrogen-bond acceptors (Lipinski definition) is 4. The molecule has 0 unspecified atom stereocenters. The number of hydrogen-bond donors (Lipinski definition) is 1. The summed E-state index contributed by atoms with van der Waals surface area (Å²) in [7, 11) is 1.61. The predicted molar refractivity (Wildman–Crippen MR) is 137 cm³/mol. The Morgan fingerprint density at radius 3 is 2.53 bits per heavy atom. The number of benzene rings is 1. The molecule has 1 aliphatic carbocycles. The molecule has 0 aliphatic heterocycles. The van der Waals surface area contributed by atoms with E-state index in [1.54, 1.807) is 11.7 Å². The molecule has 1 N–H and O–H groups in total. The molecule has 0 spiro atoms. The highest BCUT2D eigenvalue weighted by Crippen LogP contribution is 2.33. The Bertz CT molecular complexity index is 1030. The summed E-state index contributed by atoms with van der Waals surface area (Å²) in [6, 6.07) is 7.76. The third kappa shape index (κ3) is 6.41. The lowest BCUT2D eigenvalue weighted by atomic mass is 9.84. The van der Waals surface area contributed by atoms with Crippen LogP contribution in [0.4, 0.5) is 0 Å². The molecular weight excluding hydrogens is 428 g/mol. The molecule has 188 valence electrons. The molecule has 6 heteroatoms. The van der Waals surface area contributed by atoms with Crippen LogP contribution in [0, 0.1) is 11.3 Å². The van der Waals surface area contributed by atoms with Crippen LogP contribution in [0.15, 0.2) is 29.1 Å². The van der Waals surface area contributed by atoms with Gasteiger partial charge in [0.25, 0.3) is 5.56 Å². The highest BCUT2D eigenvalue weighted by molar-refractivity contribution is 5.84. The topological polar surface area (TPSA) is 71.8 Å². The number of fused-ring (bicyclic) bond motifs is 1. The molecule has 3 rings (SSSR count). The third-order valence-electron chi connectivity index (χ3n) is 7.05. The number of carbonyl (C=O) groups excluding carboxylic acids is 1. The van der Waals surface area contributed by atoms with Crippen molar-refractivity contribution in [3.8, 4) is 5.75 Å². The third-order valence-corrected chi connectivity index (χ3v) is 7.05. The average molecular weight is 471 g/mol. The normalized spacial score (nSPS) is 15.1.